The second kappa shape index (κ2) is 5.19. The van der Waals surface area contributed by atoms with Crippen LogP contribution in [0.2, 0.25) is 0 Å². The van der Waals surface area contributed by atoms with Crippen LogP contribution in [0, 0.1) is 11.6 Å². The lowest BCUT2D eigenvalue weighted by Gasteiger charge is -2.07. The summed E-state index contributed by atoms with van der Waals surface area (Å²) in [5.41, 5.74) is -2.52. The lowest BCUT2D eigenvalue weighted by Crippen LogP contribution is -2.31. The van der Waals surface area contributed by atoms with Crippen LogP contribution in [-0.4, -0.2) is 20.6 Å². The molecule has 0 aliphatic heterocycles. The van der Waals surface area contributed by atoms with Crippen LogP contribution in [0.4, 0.5) is 14.5 Å². The first kappa shape index (κ1) is 14.4. The van der Waals surface area contributed by atoms with Gasteiger partial charge in [-0.15, -0.1) is 0 Å². The molecule has 1 amide bonds. The molecule has 2 rings (SSSR count). The summed E-state index contributed by atoms with van der Waals surface area (Å²) >= 11 is 0. The molecule has 0 aliphatic carbocycles. The van der Waals surface area contributed by atoms with Gasteiger partial charge >= 0.3 is 5.69 Å². The number of hydrogen-bond donors (Lipinski definition) is 3. The molecule has 9 heteroatoms. The summed E-state index contributed by atoms with van der Waals surface area (Å²) in [4.78, 5) is 36.4. The Morgan fingerprint density at radius 2 is 2.00 bits per heavy atom. The van der Waals surface area contributed by atoms with Crippen LogP contribution in [-0.2, 0) is 7.05 Å². The molecule has 0 fully saturated rings. The molecule has 21 heavy (non-hydrogen) atoms. The quantitative estimate of drug-likeness (QED) is 0.742. The third-order valence-corrected chi connectivity index (χ3v) is 2.67. The van der Waals surface area contributed by atoms with Gasteiger partial charge in [-0.05, 0) is 12.1 Å². The van der Waals surface area contributed by atoms with Crippen molar-refractivity contribution in [2.24, 2.45) is 7.05 Å². The average Bonchev–Trinajstić information content (AvgIpc) is 2.42. The number of aromatic hydroxyl groups is 1. The molecule has 2 aromatic rings. The molecule has 0 aliphatic rings. The molecule has 0 atom stereocenters. The molecule has 0 saturated carbocycles. The number of nitrogens with zero attached hydrogens (tertiary/aromatic N) is 1. The Bertz CT molecular complexity index is 841. The summed E-state index contributed by atoms with van der Waals surface area (Å²) in [6.45, 7) is 0. The average molecular weight is 297 g/mol. The van der Waals surface area contributed by atoms with Crippen molar-refractivity contribution in [3.8, 4) is 5.75 Å². The van der Waals surface area contributed by atoms with Gasteiger partial charge in [0.25, 0.3) is 11.5 Å². The summed E-state index contributed by atoms with van der Waals surface area (Å²) in [7, 11) is 1.33. The van der Waals surface area contributed by atoms with Crippen molar-refractivity contribution < 1.29 is 18.7 Å². The molecule has 0 saturated heterocycles. The highest BCUT2D eigenvalue weighted by Gasteiger charge is 2.19. The fraction of sp³-hybridized carbons (Fsp3) is 0.0833. The minimum absolute atomic E-state index is 0.301. The number of anilines is 1. The van der Waals surface area contributed by atoms with Gasteiger partial charge in [0, 0.05) is 13.2 Å². The predicted octanol–water partition coefficient (Wildman–Crippen LogP) is 0.310. The Balaban J connectivity index is 2.40. The number of carbonyl (C=O) groups excluding carboxylic acids is 1. The molecule has 0 radical (unpaired) electrons. The monoisotopic (exact) mass is 297 g/mol. The number of nitrogens with one attached hydrogen (secondary N) is 2. The molecule has 0 unspecified atom stereocenters. The molecule has 1 aromatic heterocycles. The van der Waals surface area contributed by atoms with Crippen molar-refractivity contribution in [1.82, 2.24) is 9.55 Å². The van der Waals surface area contributed by atoms with Crippen LogP contribution in [0.1, 0.15) is 10.4 Å². The van der Waals surface area contributed by atoms with Gasteiger partial charge < -0.3 is 15.0 Å². The highest BCUT2D eigenvalue weighted by atomic mass is 19.1. The Morgan fingerprint density at radius 1 is 1.33 bits per heavy atom. The van der Waals surface area contributed by atoms with Crippen molar-refractivity contribution in [1.29, 1.82) is 0 Å². The van der Waals surface area contributed by atoms with E-state index in [-0.39, 0.29) is 5.69 Å². The van der Waals surface area contributed by atoms with Gasteiger partial charge in [0.1, 0.15) is 5.69 Å². The van der Waals surface area contributed by atoms with Gasteiger partial charge in [-0.25, -0.2) is 13.6 Å². The van der Waals surface area contributed by atoms with Crippen LogP contribution in [0.15, 0.2) is 27.9 Å². The van der Waals surface area contributed by atoms with E-state index >= 15 is 0 Å². The number of phenols is 1. The topological polar surface area (TPSA) is 104 Å². The number of H-pyrrole nitrogens is 1. The molecule has 110 valence electrons. The number of amides is 1. The van der Waals surface area contributed by atoms with Crippen LogP contribution in [0.5, 0.6) is 5.75 Å². The number of aryl methyl sites for hydroxylation is 1. The first-order valence-electron chi connectivity index (χ1n) is 5.59. The van der Waals surface area contributed by atoms with E-state index in [4.69, 9.17) is 5.11 Å². The van der Waals surface area contributed by atoms with Crippen molar-refractivity contribution >= 4 is 11.6 Å². The summed E-state index contributed by atoms with van der Waals surface area (Å²) in [5, 5.41) is 11.2. The maximum atomic E-state index is 13.6. The van der Waals surface area contributed by atoms with Crippen molar-refractivity contribution in [2.45, 2.75) is 0 Å². The van der Waals surface area contributed by atoms with E-state index in [1.165, 1.54) is 7.05 Å². The molecule has 1 heterocycles. The van der Waals surface area contributed by atoms with Crippen LogP contribution in [0.3, 0.4) is 0 Å². The zero-order valence-electron chi connectivity index (χ0n) is 10.6. The van der Waals surface area contributed by atoms with E-state index in [9.17, 15) is 23.2 Å². The molecular formula is C12H9F2N3O4. The highest BCUT2D eigenvalue weighted by molar-refractivity contribution is 6.04. The van der Waals surface area contributed by atoms with Crippen LogP contribution in [0.25, 0.3) is 0 Å². The fourth-order valence-electron chi connectivity index (χ4n) is 1.56. The number of benzene rings is 1. The largest absolute Gasteiger partial charge is 0.503 e. The van der Waals surface area contributed by atoms with Gasteiger partial charge in [-0.2, -0.15) is 0 Å². The second-order valence-corrected chi connectivity index (χ2v) is 4.12. The Hall–Kier alpha value is -2.97. The van der Waals surface area contributed by atoms with Gasteiger partial charge in [0.15, 0.2) is 17.4 Å². The molecule has 3 N–H and O–H groups in total. The maximum Gasteiger partial charge on any atom is 0.328 e. The number of aromatic amines is 1. The van der Waals surface area contributed by atoms with Crippen LogP contribution >= 0.6 is 0 Å². The van der Waals surface area contributed by atoms with Gasteiger partial charge in [-0.1, -0.05) is 0 Å². The van der Waals surface area contributed by atoms with Crippen LogP contribution < -0.4 is 16.6 Å². The first-order valence-corrected chi connectivity index (χ1v) is 5.59. The van der Waals surface area contributed by atoms with E-state index in [2.05, 4.69) is 5.32 Å². The van der Waals surface area contributed by atoms with Gasteiger partial charge in [0.2, 0.25) is 0 Å². The Morgan fingerprint density at radius 3 is 2.67 bits per heavy atom. The number of rotatable bonds is 2. The summed E-state index contributed by atoms with van der Waals surface area (Å²) in [6.07, 6.45) is 1.04. The minimum atomic E-state index is -1.45. The van der Waals surface area contributed by atoms with E-state index < -0.39 is 40.1 Å². The third kappa shape index (κ3) is 2.66. The van der Waals surface area contributed by atoms with E-state index in [0.29, 0.717) is 6.07 Å². The zero-order valence-corrected chi connectivity index (χ0v) is 10.6. The third-order valence-electron chi connectivity index (χ3n) is 2.67. The number of phenolic OH excluding ortho intramolecular Hbond substituents is 1. The Kier molecular flexibility index (Phi) is 3.57. The standard InChI is InChI=1S/C12H9F2N3O4/c1-17-4-7(11(20)16-12(17)21)15-10(19)5-2-3-6(13)9(18)8(5)14/h2-4,18H,1H3,(H,15,19)(H,16,20,21). The first-order chi connectivity index (χ1) is 9.81. The minimum Gasteiger partial charge on any atom is -0.503 e. The van der Waals surface area contributed by atoms with E-state index in [1.807, 2.05) is 4.98 Å². The lowest BCUT2D eigenvalue weighted by molar-refractivity contribution is 0.102. The van der Waals surface area contributed by atoms with E-state index in [0.717, 1.165) is 16.8 Å². The summed E-state index contributed by atoms with van der Waals surface area (Å²) in [6, 6.07) is 1.52. The molecule has 0 bridgehead atoms. The zero-order chi connectivity index (χ0) is 15.7. The highest BCUT2D eigenvalue weighted by Crippen LogP contribution is 2.23. The summed E-state index contributed by atoms with van der Waals surface area (Å²) < 4.78 is 27.5. The molecule has 1 aromatic carbocycles. The van der Waals surface area contributed by atoms with E-state index in [1.54, 1.807) is 0 Å². The second-order valence-electron chi connectivity index (χ2n) is 4.12. The van der Waals surface area contributed by atoms with Gasteiger partial charge in [-0.3, -0.25) is 14.6 Å². The number of halogens is 2. The smallest absolute Gasteiger partial charge is 0.328 e. The molecule has 7 nitrogen and oxygen atoms in total. The van der Waals surface area contributed by atoms with Gasteiger partial charge in [0.05, 0.1) is 5.56 Å². The SMILES string of the molecule is Cn1cc(NC(=O)c2ccc(F)c(O)c2F)c(=O)[nH]c1=O. The number of aromatic nitrogens is 2. The predicted molar refractivity (Wildman–Crippen MR) is 68.3 cm³/mol. The van der Waals surface area contributed by atoms with Crippen molar-refractivity contribution in [3.05, 3.63) is 56.4 Å². The normalized spacial score (nSPS) is 10.4. The maximum absolute atomic E-state index is 13.6. The Labute approximate surface area is 115 Å². The van der Waals surface area contributed by atoms with Crippen molar-refractivity contribution in [2.75, 3.05) is 5.32 Å². The number of carbonyl (C=O) groups is 1. The van der Waals surface area contributed by atoms with Crippen molar-refractivity contribution in [3.63, 3.8) is 0 Å². The summed E-state index contributed by atoms with van der Waals surface area (Å²) in [5.74, 6) is -5.04. The number of hydrogen-bond acceptors (Lipinski definition) is 4. The fourth-order valence-corrected chi connectivity index (χ4v) is 1.56. The molecular weight excluding hydrogens is 288 g/mol. The molecule has 0 spiro atoms. The lowest BCUT2D eigenvalue weighted by atomic mass is 10.1.